The number of pyridine rings is 1. The van der Waals surface area contributed by atoms with Crippen molar-refractivity contribution in [1.29, 1.82) is 0 Å². The van der Waals surface area contributed by atoms with E-state index in [0.29, 0.717) is 16.9 Å². The first kappa shape index (κ1) is 21.4. The van der Waals surface area contributed by atoms with Crippen LogP contribution in [0.4, 0.5) is 0 Å². The molecule has 0 saturated carbocycles. The lowest BCUT2D eigenvalue weighted by atomic mass is 10.1. The summed E-state index contributed by atoms with van der Waals surface area (Å²) in [5.74, 6) is 0.311. The van der Waals surface area contributed by atoms with Crippen molar-refractivity contribution in [3.8, 4) is 0 Å². The van der Waals surface area contributed by atoms with Crippen LogP contribution in [0.15, 0.2) is 82.1 Å². The summed E-state index contributed by atoms with van der Waals surface area (Å²) in [5, 5.41) is 0. The molecule has 0 bridgehead atoms. The van der Waals surface area contributed by atoms with Crippen molar-refractivity contribution in [2.45, 2.75) is 23.6 Å². The number of hydrogen-bond acceptors (Lipinski definition) is 7. The van der Waals surface area contributed by atoms with Gasteiger partial charge in [-0.15, -0.1) is 11.3 Å². The van der Waals surface area contributed by atoms with Crippen LogP contribution < -0.4 is 5.56 Å². The van der Waals surface area contributed by atoms with Gasteiger partial charge >= 0.3 is 5.97 Å². The Hall–Kier alpha value is -3.49. The third kappa shape index (κ3) is 4.81. The van der Waals surface area contributed by atoms with Gasteiger partial charge in [-0.2, -0.15) is 0 Å². The quantitative estimate of drug-likeness (QED) is 0.247. The fourth-order valence-corrected chi connectivity index (χ4v) is 5.37. The molecule has 2 aromatic carbocycles. The zero-order chi connectivity index (χ0) is 22.8. The Balaban J connectivity index is 1.20. The lowest BCUT2D eigenvalue weighted by Gasteiger charge is -2.07. The number of benzene rings is 2. The fraction of sp³-hybridized carbons (Fsp3) is 0.120. The number of aryl methyl sites for hydroxylation is 1. The molecular weight excluding hydrogens is 454 g/mol. The third-order valence-electron chi connectivity index (χ3n) is 5.04. The van der Waals surface area contributed by atoms with Crippen LogP contribution in [0.25, 0.3) is 15.9 Å². The number of carbonyl (C=O) groups excluding carboxylic acids is 1. The first-order chi connectivity index (χ1) is 16.0. The van der Waals surface area contributed by atoms with E-state index in [1.807, 2.05) is 43.3 Å². The molecule has 0 aliphatic rings. The Morgan fingerprint density at radius 3 is 2.70 bits per heavy atom. The van der Waals surface area contributed by atoms with Gasteiger partial charge in [0, 0.05) is 18.0 Å². The van der Waals surface area contributed by atoms with Crippen molar-refractivity contribution in [2.75, 3.05) is 0 Å². The molecule has 0 unspecified atom stereocenters. The lowest BCUT2D eigenvalue weighted by Crippen LogP contribution is -2.17. The number of fused-ring (bicyclic) bond motifs is 2. The predicted molar refractivity (Wildman–Crippen MR) is 131 cm³/mol. The molecular formula is C25H19N3O3S2. The van der Waals surface area contributed by atoms with Gasteiger partial charge in [0.05, 0.1) is 21.5 Å². The maximum absolute atomic E-state index is 12.5. The van der Waals surface area contributed by atoms with Crippen LogP contribution >= 0.6 is 23.1 Å². The Morgan fingerprint density at radius 1 is 1.06 bits per heavy atom. The van der Waals surface area contributed by atoms with Crippen LogP contribution in [0.3, 0.4) is 0 Å². The predicted octanol–water partition coefficient (Wildman–Crippen LogP) is 5.26. The van der Waals surface area contributed by atoms with Gasteiger partial charge in [-0.3, -0.25) is 9.20 Å². The van der Waals surface area contributed by atoms with Crippen LogP contribution in [0.1, 0.15) is 27.2 Å². The number of hydrogen-bond donors (Lipinski definition) is 0. The number of rotatable bonds is 6. The van der Waals surface area contributed by atoms with Crippen LogP contribution in [-0.2, 0) is 17.1 Å². The summed E-state index contributed by atoms with van der Waals surface area (Å²) in [6.07, 6.45) is 1.73. The summed E-state index contributed by atoms with van der Waals surface area (Å²) in [6, 6.07) is 20.5. The summed E-state index contributed by atoms with van der Waals surface area (Å²) in [4.78, 5) is 33.8. The van der Waals surface area contributed by atoms with E-state index in [1.165, 1.54) is 15.2 Å². The normalized spacial score (nSPS) is 11.2. The van der Waals surface area contributed by atoms with Gasteiger partial charge in [0.2, 0.25) is 0 Å². The minimum atomic E-state index is -0.453. The highest BCUT2D eigenvalue weighted by molar-refractivity contribution is 8.00. The van der Waals surface area contributed by atoms with Crippen molar-refractivity contribution in [3.05, 3.63) is 106 Å². The SMILES string of the molecule is Cc1ccc2nc(COC(=O)c3ccc(CSc4nc5ccccc5s4)cc3)cc(=O)n2c1. The van der Waals surface area contributed by atoms with Crippen molar-refractivity contribution >= 4 is 44.9 Å². The highest BCUT2D eigenvalue weighted by atomic mass is 32.2. The number of esters is 1. The lowest BCUT2D eigenvalue weighted by molar-refractivity contribution is 0.0467. The van der Waals surface area contributed by atoms with Crippen molar-refractivity contribution in [1.82, 2.24) is 14.4 Å². The monoisotopic (exact) mass is 473 g/mol. The number of nitrogens with zero attached hydrogens (tertiary/aromatic N) is 3. The van der Waals surface area contributed by atoms with Gasteiger partial charge in [0.15, 0.2) is 4.34 Å². The highest BCUT2D eigenvalue weighted by Gasteiger charge is 2.10. The molecule has 0 saturated heterocycles. The Kier molecular flexibility index (Phi) is 5.93. The molecule has 3 aromatic heterocycles. The molecule has 6 nitrogen and oxygen atoms in total. The van der Waals surface area contributed by atoms with Crippen LogP contribution in [0.5, 0.6) is 0 Å². The van der Waals surface area contributed by atoms with E-state index < -0.39 is 5.97 Å². The van der Waals surface area contributed by atoms with Gasteiger partial charge in [-0.1, -0.05) is 42.1 Å². The zero-order valence-corrected chi connectivity index (χ0v) is 19.4. The molecule has 33 heavy (non-hydrogen) atoms. The topological polar surface area (TPSA) is 73.6 Å². The summed E-state index contributed by atoms with van der Waals surface area (Å²) in [5.41, 5.74) is 4.27. The number of aromatic nitrogens is 3. The molecule has 0 aliphatic carbocycles. The minimum absolute atomic E-state index is 0.0618. The van der Waals surface area contributed by atoms with E-state index in [1.54, 1.807) is 47.5 Å². The van der Waals surface area contributed by atoms with Crippen LogP contribution in [0.2, 0.25) is 0 Å². The van der Waals surface area contributed by atoms with Crippen LogP contribution in [-0.4, -0.2) is 20.3 Å². The molecule has 0 spiro atoms. The Bertz CT molecular complexity index is 1490. The minimum Gasteiger partial charge on any atom is -0.456 e. The molecule has 5 aromatic rings. The smallest absolute Gasteiger partial charge is 0.338 e. The highest BCUT2D eigenvalue weighted by Crippen LogP contribution is 2.31. The molecule has 0 fully saturated rings. The second-order valence-corrected chi connectivity index (χ2v) is 9.78. The largest absolute Gasteiger partial charge is 0.456 e. The molecule has 3 heterocycles. The van der Waals surface area contributed by atoms with E-state index in [9.17, 15) is 9.59 Å². The second kappa shape index (κ2) is 9.17. The maximum Gasteiger partial charge on any atom is 0.338 e. The molecule has 0 N–H and O–H groups in total. The summed E-state index contributed by atoms with van der Waals surface area (Å²) >= 11 is 3.35. The van der Waals surface area contributed by atoms with Crippen molar-refractivity contribution in [2.24, 2.45) is 0 Å². The molecule has 5 rings (SSSR count). The number of ether oxygens (including phenoxy) is 1. The van der Waals surface area contributed by atoms with Crippen molar-refractivity contribution in [3.63, 3.8) is 0 Å². The number of thioether (sulfide) groups is 1. The number of carbonyl (C=O) groups is 1. The van der Waals surface area contributed by atoms with Gasteiger partial charge in [0.25, 0.3) is 5.56 Å². The van der Waals surface area contributed by atoms with E-state index >= 15 is 0 Å². The van der Waals surface area contributed by atoms with E-state index in [2.05, 4.69) is 16.0 Å². The number of thiazole rings is 1. The summed E-state index contributed by atoms with van der Waals surface area (Å²) in [7, 11) is 0. The average Bonchev–Trinajstić information content (AvgIpc) is 3.25. The molecule has 0 amide bonds. The van der Waals surface area contributed by atoms with Gasteiger partial charge in [0.1, 0.15) is 12.3 Å². The van der Waals surface area contributed by atoms with Gasteiger partial charge in [-0.05, 0) is 48.4 Å². The zero-order valence-electron chi connectivity index (χ0n) is 17.7. The molecule has 8 heteroatoms. The van der Waals surface area contributed by atoms with E-state index in [-0.39, 0.29) is 12.2 Å². The van der Waals surface area contributed by atoms with Crippen molar-refractivity contribution < 1.29 is 9.53 Å². The molecule has 0 aliphatic heterocycles. The number of para-hydroxylation sites is 1. The third-order valence-corrected chi connectivity index (χ3v) is 7.29. The fourth-order valence-electron chi connectivity index (χ4n) is 3.35. The average molecular weight is 474 g/mol. The summed E-state index contributed by atoms with van der Waals surface area (Å²) in [6.45, 7) is 1.85. The summed E-state index contributed by atoms with van der Waals surface area (Å²) < 4.78 is 9.06. The maximum atomic E-state index is 12.5. The van der Waals surface area contributed by atoms with Crippen LogP contribution in [0, 0.1) is 6.92 Å². The van der Waals surface area contributed by atoms with E-state index in [4.69, 9.17) is 4.74 Å². The Morgan fingerprint density at radius 2 is 1.88 bits per heavy atom. The van der Waals surface area contributed by atoms with Gasteiger partial charge in [-0.25, -0.2) is 14.8 Å². The second-order valence-electron chi connectivity index (χ2n) is 7.53. The molecule has 0 atom stereocenters. The first-order valence-electron chi connectivity index (χ1n) is 10.3. The Labute approximate surface area is 197 Å². The molecule has 0 radical (unpaired) electrons. The van der Waals surface area contributed by atoms with Gasteiger partial charge < -0.3 is 4.74 Å². The molecule has 164 valence electrons. The van der Waals surface area contributed by atoms with E-state index in [0.717, 1.165) is 26.7 Å². The standard InChI is InChI=1S/C25H19N3O3S2/c1-16-6-11-22-26-19(12-23(29)28(22)13-16)14-31-24(30)18-9-7-17(8-10-18)15-32-25-27-20-4-2-3-5-21(20)33-25/h2-13H,14-15H2,1H3. The first-order valence-corrected chi connectivity index (χ1v) is 12.1.